The molecular formula is C30H32F2N4O6. The summed E-state index contributed by atoms with van der Waals surface area (Å²) in [6.45, 7) is 1.25. The molecule has 3 atom stereocenters. The summed E-state index contributed by atoms with van der Waals surface area (Å²) in [4.78, 5) is 41.5. The molecule has 0 spiro atoms. The van der Waals surface area contributed by atoms with Crippen molar-refractivity contribution in [2.45, 2.75) is 61.7 Å². The molecule has 3 amide bonds. The van der Waals surface area contributed by atoms with E-state index in [0.717, 1.165) is 37.6 Å². The number of benzene rings is 2. The van der Waals surface area contributed by atoms with Crippen molar-refractivity contribution in [2.24, 2.45) is 0 Å². The van der Waals surface area contributed by atoms with Gasteiger partial charge in [0.1, 0.15) is 11.8 Å². The van der Waals surface area contributed by atoms with E-state index in [1.54, 1.807) is 7.11 Å². The van der Waals surface area contributed by atoms with E-state index in [4.69, 9.17) is 14.2 Å². The third-order valence-electron chi connectivity index (χ3n) is 8.64. The van der Waals surface area contributed by atoms with E-state index in [2.05, 4.69) is 16.3 Å². The Kier molecular flexibility index (Phi) is 8.31. The van der Waals surface area contributed by atoms with E-state index in [1.807, 2.05) is 24.3 Å². The second kappa shape index (κ2) is 11.9. The van der Waals surface area contributed by atoms with Gasteiger partial charge in [0.15, 0.2) is 11.6 Å². The fraction of sp³-hybridized carbons (Fsp3) is 0.467. The van der Waals surface area contributed by atoms with E-state index < -0.39 is 47.3 Å². The number of nitriles is 1. The van der Waals surface area contributed by atoms with Gasteiger partial charge in [-0.25, -0.2) is 28.1 Å². The lowest BCUT2D eigenvalue weighted by Gasteiger charge is -2.39. The van der Waals surface area contributed by atoms with Crippen LogP contribution in [-0.4, -0.2) is 73.4 Å². The molecule has 222 valence electrons. The molecule has 12 heteroatoms. The van der Waals surface area contributed by atoms with Crippen LogP contribution in [0, 0.1) is 23.0 Å². The summed E-state index contributed by atoms with van der Waals surface area (Å²) in [7, 11) is 2.70. The first kappa shape index (κ1) is 29.3. The van der Waals surface area contributed by atoms with E-state index >= 15 is 0 Å². The van der Waals surface area contributed by atoms with E-state index in [9.17, 15) is 28.4 Å². The second-order valence-electron chi connectivity index (χ2n) is 10.9. The van der Waals surface area contributed by atoms with Gasteiger partial charge in [0.25, 0.3) is 0 Å². The summed E-state index contributed by atoms with van der Waals surface area (Å²) >= 11 is 0. The van der Waals surface area contributed by atoms with Gasteiger partial charge in [-0.1, -0.05) is 24.3 Å². The number of methoxy groups -OCH3 is 2. The number of para-hydroxylation sites is 1. The van der Waals surface area contributed by atoms with Crippen LogP contribution in [0.3, 0.4) is 0 Å². The first-order valence-corrected chi connectivity index (χ1v) is 13.8. The number of imide groups is 1. The molecule has 1 saturated carbocycles. The normalized spacial score (nSPS) is 27.7. The topological polar surface area (TPSA) is 121 Å². The molecule has 2 heterocycles. The number of rotatable bonds is 6. The molecule has 0 unspecified atom stereocenters. The predicted octanol–water partition coefficient (Wildman–Crippen LogP) is 4.20. The number of halogens is 2. The summed E-state index contributed by atoms with van der Waals surface area (Å²) in [5.41, 5.74) is 0.285. The Hall–Kier alpha value is -4.24. The molecular weight excluding hydrogens is 550 g/mol. The lowest BCUT2D eigenvalue weighted by Crippen LogP contribution is -2.48. The highest BCUT2D eigenvalue weighted by molar-refractivity contribution is 5.96. The van der Waals surface area contributed by atoms with Gasteiger partial charge >= 0.3 is 18.1 Å². The zero-order valence-electron chi connectivity index (χ0n) is 23.3. The Morgan fingerprint density at radius 2 is 1.83 bits per heavy atom. The molecule has 1 N–H and O–H groups in total. The number of urea groups is 1. The first-order valence-electron chi connectivity index (χ1n) is 13.8. The maximum absolute atomic E-state index is 14.1. The van der Waals surface area contributed by atoms with E-state index in [0.29, 0.717) is 43.0 Å². The van der Waals surface area contributed by atoms with Crippen molar-refractivity contribution in [3.8, 4) is 11.8 Å². The number of carbonyl (C=O) groups is 3. The number of carbonyl (C=O) groups excluding carboxylic acids is 3. The van der Waals surface area contributed by atoms with Crippen molar-refractivity contribution in [3.63, 3.8) is 0 Å². The average molecular weight is 583 g/mol. The molecule has 10 nitrogen and oxygen atoms in total. The summed E-state index contributed by atoms with van der Waals surface area (Å²) in [6, 6.07) is 10.8. The average Bonchev–Trinajstić information content (AvgIpc) is 3.62. The van der Waals surface area contributed by atoms with Crippen LogP contribution in [0.2, 0.25) is 0 Å². The SMILES string of the molecule is COC(=O)[C@@H]1OC(=O)N(C(=O)N[C@@H]2CCN(C3CCC(C#N)(c4ccccc4OC)CC3)C2)[C@H]1c1ccc(F)c(F)c1. The quantitative estimate of drug-likeness (QED) is 0.504. The molecule has 1 aliphatic carbocycles. The smallest absolute Gasteiger partial charge is 0.419 e. The maximum Gasteiger partial charge on any atom is 0.419 e. The van der Waals surface area contributed by atoms with Gasteiger partial charge in [0.2, 0.25) is 6.10 Å². The first-order chi connectivity index (χ1) is 20.2. The van der Waals surface area contributed by atoms with Crippen LogP contribution in [0.15, 0.2) is 42.5 Å². The number of nitrogens with one attached hydrogen (secondary N) is 1. The number of hydrogen-bond donors (Lipinski definition) is 1. The van der Waals surface area contributed by atoms with Gasteiger partial charge < -0.3 is 19.5 Å². The third-order valence-corrected chi connectivity index (χ3v) is 8.64. The monoisotopic (exact) mass is 582 g/mol. The van der Waals surface area contributed by atoms with Gasteiger partial charge in [-0.2, -0.15) is 5.26 Å². The minimum Gasteiger partial charge on any atom is -0.496 e. The van der Waals surface area contributed by atoms with Crippen LogP contribution in [0.5, 0.6) is 5.75 Å². The zero-order valence-corrected chi connectivity index (χ0v) is 23.3. The zero-order chi connectivity index (χ0) is 30.0. The third kappa shape index (κ3) is 5.36. The van der Waals surface area contributed by atoms with E-state index in [-0.39, 0.29) is 17.6 Å². The molecule has 3 fully saturated rings. The Labute approximate surface area is 242 Å². The van der Waals surface area contributed by atoms with Gasteiger partial charge in [-0.3, -0.25) is 4.90 Å². The molecule has 2 aromatic rings. The number of esters is 1. The summed E-state index contributed by atoms with van der Waals surface area (Å²) in [5, 5.41) is 13.0. The molecule has 2 aromatic carbocycles. The van der Waals surface area contributed by atoms with Gasteiger partial charge in [-0.15, -0.1) is 0 Å². The highest BCUT2D eigenvalue weighted by atomic mass is 19.2. The number of amides is 3. The van der Waals surface area contributed by atoms with E-state index in [1.165, 1.54) is 6.07 Å². The Morgan fingerprint density at radius 3 is 2.50 bits per heavy atom. The second-order valence-corrected chi connectivity index (χ2v) is 10.9. The molecule has 42 heavy (non-hydrogen) atoms. The fourth-order valence-corrected chi connectivity index (χ4v) is 6.42. The van der Waals surface area contributed by atoms with Gasteiger partial charge in [-0.05, 0) is 55.9 Å². The van der Waals surface area contributed by atoms with Crippen molar-refractivity contribution in [1.29, 1.82) is 5.26 Å². The lowest BCUT2D eigenvalue weighted by atomic mass is 9.68. The summed E-state index contributed by atoms with van der Waals surface area (Å²) < 4.78 is 43.0. The number of cyclic esters (lactones) is 1. The van der Waals surface area contributed by atoms with Crippen LogP contribution in [-0.2, 0) is 19.7 Å². The Balaban J connectivity index is 1.25. The minimum atomic E-state index is -1.54. The van der Waals surface area contributed by atoms with Crippen molar-refractivity contribution < 1.29 is 37.4 Å². The van der Waals surface area contributed by atoms with Crippen LogP contribution in [0.4, 0.5) is 18.4 Å². The molecule has 0 bridgehead atoms. The molecule has 5 rings (SSSR count). The maximum atomic E-state index is 14.1. The molecule has 2 aliphatic heterocycles. The Bertz CT molecular complexity index is 1410. The van der Waals surface area contributed by atoms with Crippen LogP contribution >= 0.6 is 0 Å². The molecule has 0 aromatic heterocycles. The standard InChI is InChI=1S/C30H32F2N4O6/c1-40-24-6-4-3-5-21(24)30(17-33)12-9-20(10-13-30)35-14-11-19(16-35)34-28(38)36-25(18-7-8-22(31)23(32)15-18)26(27(37)41-2)42-29(36)39/h3-8,15,19-20,25-26H,9-14,16H2,1-2H3,(H,34,38)/t19-,20?,25+,26-,30?/m1/s1. The van der Waals surface area contributed by atoms with Crippen LogP contribution in [0.25, 0.3) is 0 Å². The Morgan fingerprint density at radius 1 is 1.10 bits per heavy atom. The highest BCUT2D eigenvalue weighted by Crippen LogP contribution is 2.44. The molecule has 3 aliphatic rings. The van der Waals surface area contributed by atoms with Crippen LogP contribution in [0.1, 0.15) is 49.3 Å². The lowest BCUT2D eigenvalue weighted by molar-refractivity contribution is -0.150. The minimum absolute atomic E-state index is 0.0107. The number of likely N-dealkylation sites (tertiary alicyclic amines) is 1. The van der Waals surface area contributed by atoms with Gasteiger partial charge in [0.05, 0.1) is 25.7 Å². The predicted molar refractivity (Wildman–Crippen MR) is 144 cm³/mol. The number of nitrogens with zero attached hydrogens (tertiary/aromatic N) is 3. The molecule has 0 radical (unpaired) electrons. The van der Waals surface area contributed by atoms with Crippen molar-refractivity contribution >= 4 is 18.1 Å². The van der Waals surface area contributed by atoms with Crippen molar-refractivity contribution in [2.75, 3.05) is 27.3 Å². The molecule has 2 saturated heterocycles. The summed E-state index contributed by atoms with van der Waals surface area (Å²) in [5.74, 6) is -2.53. The number of hydrogen-bond acceptors (Lipinski definition) is 8. The van der Waals surface area contributed by atoms with Crippen molar-refractivity contribution in [1.82, 2.24) is 15.1 Å². The number of ether oxygens (including phenoxy) is 3. The highest BCUT2D eigenvalue weighted by Gasteiger charge is 2.51. The summed E-state index contributed by atoms with van der Waals surface area (Å²) in [6.07, 6.45) is 0.928. The van der Waals surface area contributed by atoms with Crippen molar-refractivity contribution in [3.05, 3.63) is 65.2 Å². The van der Waals surface area contributed by atoms with Crippen LogP contribution < -0.4 is 10.1 Å². The fourth-order valence-electron chi connectivity index (χ4n) is 6.42. The van der Waals surface area contributed by atoms with Gasteiger partial charge in [0, 0.05) is 30.7 Å². The largest absolute Gasteiger partial charge is 0.496 e.